The van der Waals surface area contributed by atoms with Gasteiger partial charge in [-0.2, -0.15) is 0 Å². The third-order valence-corrected chi connectivity index (χ3v) is 3.58. The summed E-state index contributed by atoms with van der Waals surface area (Å²) in [7, 11) is 1.91. The lowest BCUT2D eigenvalue weighted by molar-refractivity contribution is -0.116. The van der Waals surface area contributed by atoms with Crippen LogP contribution < -0.4 is 11.1 Å². The summed E-state index contributed by atoms with van der Waals surface area (Å²) in [6, 6.07) is 8.19. The highest BCUT2D eigenvalue weighted by molar-refractivity contribution is 5.94. The number of nitrogens with one attached hydrogen (secondary N) is 1. The van der Waals surface area contributed by atoms with E-state index in [0.29, 0.717) is 11.6 Å². The van der Waals surface area contributed by atoms with E-state index < -0.39 is 0 Å². The molecule has 3 rings (SSSR count). The second-order valence-electron chi connectivity index (χ2n) is 4.60. The standard InChI is InChI=1S/C13H15N3O/c1-16-7-6-9-8-4-2-3-5-10(8)15-11(9)12(16)13(14)17/h2-5,9,15H,6-7H2,1H3,(H2,14,17). The van der Waals surface area contributed by atoms with Gasteiger partial charge in [-0.15, -0.1) is 0 Å². The number of hydrogen-bond donors (Lipinski definition) is 2. The zero-order valence-electron chi connectivity index (χ0n) is 9.73. The highest BCUT2D eigenvalue weighted by atomic mass is 16.1. The van der Waals surface area contributed by atoms with Crippen molar-refractivity contribution in [2.45, 2.75) is 12.3 Å². The van der Waals surface area contributed by atoms with Crippen molar-refractivity contribution in [3.05, 3.63) is 41.2 Å². The normalized spacial score (nSPS) is 21.9. The molecule has 1 unspecified atom stereocenters. The molecule has 1 atom stereocenters. The van der Waals surface area contributed by atoms with Crippen molar-refractivity contribution >= 4 is 11.6 Å². The van der Waals surface area contributed by atoms with Gasteiger partial charge < -0.3 is 16.0 Å². The molecular formula is C13H15N3O. The average molecular weight is 229 g/mol. The van der Waals surface area contributed by atoms with E-state index in [9.17, 15) is 4.79 Å². The summed E-state index contributed by atoms with van der Waals surface area (Å²) in [5.74, 6) is -0.0580. The fraction of sp³-hybridized carbons (Fsp3) is 0.308. The first-order chi connectivity index (χ1) is 8.18. The molecule has 17 heavy (non-hydrogen) atoms. The highest BCUT2D eigenvalue weighted by Gasteiger charge is 2.35. The van der Waals surface area contributed by atoms with Gasteiger partial charge in [-0.3, -0.25) is 4.79 Å². The molecule has 1 amide bonds. The lowest BCUT2D eigenvalue weighted by Crippen LogP contribution is -2.36. The number of fused-ring (bicyclic) bond motifs is 3. The van der Waals surface area contributed by atoms with Crippen LogP contribution in [0.3, 0.4) is 0 Å². The van der Waals surface area contributed by atoms with Gasteiger partial charge in [-0.05, 0) is 18.1 Å². The van der Waals surface area contributed by atoms with Crippen molar-refractivity contribution in [2.75, 3.05) is 18.9 Å². The molecule has 0 spiro atoms. The maximum atomic E-state index is 11.5. The Morgan fingerprint density at radius 1 is 1.47 bits per heavy atom. The Morgan fingerprint density at radius 3 is 3.00 bits per heavy atom. The molecule has 4 nitrogen and oxygen atoms in total. The molecule has 2 heterocycles. The highest BCUT2D eigenvalue weighted by Crippen LogP contribution is 2.44. The Hall–Kier alpha value is -1.97. The molecule has 2 aliphatic rings. The second kappa shape index (κ2) is 3.52. The molecule has 0 aliphatic carbocycles. The Bertz CT molecular complexity index is 521. The molecule has 0 aromatic heterocycles. The fourth-order valence-electron chi connectivity index (χ4n) is 2.79. The number of anilines is 1. The van der Waals surface area contributed by atoms with Crippen molar-refractivity contribution in [2.24, 2.45) is 5.73 Å². The van der Waals surface area contributed by atoms with Gasteiger partial charge in [0.2, 0.25) is 0 Å². The van der Waals surface area contributed by atoms with Crippen LogP contribution in [0.15, 0.2) is 35.7 Å². The number of rotatable bonds is 1. The van der Waals surface area contributed by atoms with Crippen LogP contribution in [-0.4, -0.2) is 24.4 Å². The van der Waals surface area contributed by atoms with E-state index in [0.717, 1.165) is 24.4 Å². The number of nitrogens with zero attached hydrogens (tertiary/aromatic N) is 1. The number of primary amides is 1. The van der Waals surface area contributed by atoms with Crippen LogP contribution in [0.2, 0.25) is 0 Å². The SMILES string of the molecule is CN1CCC2C(=C1C(N)=O)Nc1ccccc12. The van der Waals surface area contributed by atoms with Crippen molar-refractivity contribution in [3.8, 4) is 0 Å². The molecule has 2 aliphatic heterocycles. The van der Waals surface area contributed by atoms with Crippen LogP contribution in [0.4, 0.5) is 5.69 Å². The van der Waals surface area contributed by atoms with E-state index in [2.05, 4.69) is 11.4 Å². The van der Waals surface area contributed by atoms with Crippen LogP contribution in [-0.2, 0) is 4.79 Å². The minimum absolute atomic E-state index is 0.296. The first kappa shape index (κ1) is 10.2. The van der Waals surface area contributed by atoms with Crippen molar-refractivity contribution < 1.29 is 4.79 Å². The third-order valence-electron chi connectivity index (χ3n) is 3.58. The van der Waals surface area contributed by atoms with E-state index in [-0.39, 0.29) is 5.91 Å². The quantitative estimate of drug-likeness (QED) is 0.761. The molecule has 88 valence electrons. The average Bonchev–Trinajstić information content (AvgIpc) is 2.66. The fourth-order valence-corrected chi connectivity index (χ4v) is 2.79. The molecule has 0 saturated heterocycles. The third kappa shape index (κ3) is 1.40. The summed E-state index contributed by atoms with van der Waals surface area (Å²) in [5.41, 5.74) is 9.43. The van der Waals surface area contributed by atoms with E-state index in [1.165, 1.54) is 5.56 Å². The summed E-state index contributed by atoms with van der Waals surface area (Å²) in [6.07, 6.45) is 1.02. The molecule has 0 bridgehead atoms. The van der Waals surface area contributed by atoms with E-state index in [4.69, 9.17) is 5.73 Å². The Labute approximate surface area is 100 Å². The van der Waals surface area contributed by atoms with Crippen molar-refractivity contribution in [1.29, 1.82) is 0 Å². The van der Waals surface area contributed by atoms with Crippen LogP contribution in [0.25, 0.3) is 0 Å². The minimum atomic E-state index is -0.354. The maximum Gasteiger partial charge on any atom is 0.266 e. The first-order valence-corrected chi connectivity index (χ1v) is 5.79. The molecule has 0 radical (unpaired) electrons. The lowest BCUT2D eigenvalue weighted by Gasteiger charge is -2.30. The lowest BCUT2D eigenvalue weighted by atomic mass is 9.91. The zero-order chi connectivity index (χ0) is 12.0. The molecule has 0 fully saturated rings. The summed E-state index contributed by atoms with van der Waals surface area (Å²) in [4.78, 5) is 13.5. The predicted octanol–water partition coefficient (Wildman–Crippen LogP) is 1.23. The van der Waals surface area contributed by atoms with Gasteiger partial charge in [0, 0.05) is 25.2 Å². The molecule has 1 aromatic rings. The maximum absolute atomic E-state index is 11.5. The van der Waals surface area contributed by atoms with E-state index >= 15 is 0 Å². The van der Waals surface area contributed by atoms with Gasteiger partial charge in [0.25, 0.3) is 5.91 Å². The molecule has 0 saturated carbocycles. The molecular weight excluding hydrogens is 214 g/mol. The van der Waals surface area contributed by atoms with Crippen LogP contribution in [0, 0.1) is 0 Å². The van der Waals surface area contributed by atoms with Gasteiger partial charge >= 0.3 is 0 Å². The number of carbonyl (C=O) groups excluding carboxylic acids is 1. The number of carbonyl (C=O) groups is 1. The van der Waals surface area contributed by atoms with Crippen molar-refractivity contribution in [1.82, 2.24) is 4.90 Å². The Morgan fingerprint density at radius 2 is 2.24 bits per heavy atom. The summed E-state index contributed by atoms with van der Waals surface area (Å²) in [6.45, 7) is 0.864. The molecule has 4 heteroatoms. The number of hydrogen-bond acceptors (Lipinski definition) is 3. The predicted molar refractivity (Wildman–Crippen MR) is 66.3 cm³/mol. The monoisotopic (exact) mass is 229 g/mol. The summed E-state index contributed by atoms with van der Waals surface area (Å²) >= 11 is 0. The second-order valence-corrected chi connectivity index (χ2v) is 4.60. The molecule has 1 aromatic carbocycles. The number of para-hydroxylation sites is 1. The minimum Gasteiger partial charge on any atom is -0.369 e. The molecule has 3 N–H and O–H groups in total. The van der Waals surface area contributed by atoms with Crippen LogP contribution in [0.1, 0.15) is 17.9 Å². The topological polar surface area (TPSA) is 58.4 Å². The first-order valence-electron chi connectivity index (χ1n) is 5.79. The Balaban J connectivity index is 2.14. The number of allylic oxidation sites excluding steroid dienone is 1. The van der Waals surface area contributed by atoms with E-state index in [1.807, 2.05) is 30.1 Å². The number of benzene rings is 1. The summed E-state index contributed by atoms with van der Waals surface area (Å²) in [5, 5.41) is 3.34. The van der Waals surface area contributed by atoms with Crippen molar-refractivity contribution in [3.63, 3.8) is 0 Å². The Kier molecular flexibility index (Phi) is 2.11. The van der Waals surface area contributed by atoms with Gasteiger partial charge in [-0.25, -0.2) is 0 Å². The number of nitrogens with two attached hydrogens (primary N) is 1. The van der Waals surface area contributed by atoms with Gasteiger partial charge in [0.15, 0.2) is 0 Å². The number of likely N-dealkylation sites (N-methyl/N-ethyl adjacent to an activating group) is 1. The van der Waals surface area contributed by atoms with E-state index in [1.54, 1.807) is 0 Å². The number of amides is 1. The summed E-state index contributed by atoms with van der Waals surface area (Å²) < 4.78 is 0. The van der Waals surface area contributed by atoms with Gasteiger partial charge in [0.1, 0.15) is 5.70 Å². The van der Waals surface area contributed by atoms with Gasteiger partial charge in [0.05, 0.1) is 5.70 Å². The van der Waals surface area contributed by atoms with Crippen LogP contribution in [0.5, 0.6) is 0 Å². The van der Waals surface area contributed by atoms with Crippen LogP contribution >= 0.6 is 0 Å². The largest absolute Gasteiger partial charge is 0.369 e. The van der Waals surface area contributed by atoms with Gasteiger partial charge in [-0.1, -0.05) is 18.2 Å². The zero-order valence-corrected chi connectivity index (χ0v) is 9.73. The smallest absolute Gasteiger partial charge is 0.266 e.